The van der Waals surface area contributed by atoms with Gasteiger partial charge in [-0.05, 0) is 41.0 Å². The smallest absolute Gasteiger partial charge is 0.174 e. The number of ether oxygens (including phenoxy) is 1. The van der Waals surface area contributed by atoms with Crippen LogP contribution >= 0.6 is 11.6 Å². The molecule has 5 rings (SSSR count). The Morgan fingerprint density at radius 2 is 1.44 bits per heavy atom. The minimum Gasteiger partial charge on any atom is -0.508 e. The third kappa shape index (κ3) is 4.32. The van der Waals surface area contributed by atoms with Crippen LogP contribution in [-0.2, 0) is 12.8 Å². The molecular weight excluding hydrogens is 480 g/mol. The average Bonchev–Trinajstić information content (AvgIpc) is 2.87. The summed E-state index contributed by atoms with van der Waals surface area (Å²) >= 11 is 6.15. The second kappa shape index (κ2) is 9.47. The van der Waals surface area contributed by atoms with E-state index in [0.29, 0.717) is 16.1 Å². The lowest BCUT2D eigenvalue weighted by atomic mass is 9.87. The number of hydrogen-bond acceptors (Lipinski definition) is 6. The fourth-order valence-electron chi connectivity index (χ4n) is 4.58. The van der Waals surface area contributed by atoms with Gasteiger partial charge < -0.3 is 25.2 Å². The lowest BCUT2D eigenvalue weighted by molar-refractivity contribution is 0.0842. The molecule has 4 aromatic carbocycles. The zero-order valence-electron chi connectivity index (χ0n) is 19.1. The summed E-state index contributed by atoms with van der Waals surface area (Å²) in [6.07, 6.45) is -0.640. The Morgan fingerprint density at radius 3 is 2.19 bits per heavy atom. The van der Waals surface area contributed by atoms with Crippen molar-refractivity contribution in [2.75, 3.05) is 0 Å². The van der Waals surface area contributed by atoms with Gasteiger partial charge in [0.25, 0.3) is 0 Å². The second-order valence-electron chi connectivity index (χ2n) is 8.76. The summed E-state index contributed by atoms with van der Waals surface area (Å²) in [7, 11) is 0. The second-order valence-corrected chi connectivity index (χ2v) is 9.19. The van der Waals surface area contributed by atoms with Gasteiger partial charge in [-0.15, -0.1) is 0 Å². The lowest BCUT2D eigenvalue weighted by Crippen LogP contribution is -2.22. The Morgan fingerprint density at radius 1 is 0.778 bits per heavy atom. The highest BCUT2D eigenvalue weighted by Gasteiger charge is 2.36. The van der Waals surface area contributed by atoms with Gasteiger partial charge in [-0.25, -0.2) is 0 Å². The molecule has 4 aromatic rings. The van der Waals surface area contributed by atoms with E-state index in [1.54, 1.807) is 30.3 Å². The molecule has 0 amide bonds. The van der Waals surface area contributed by atoms with Crippen molar-refractivity contribution in [2.45, 2.75) is 25.4 Å². The summed E-state index contributed by atoms with van der Waals surface area (Å²) in [5.41, 5.74) is 1.96. The molecule has 0 saturated heterocycles. The Balaban J connectivity index is 1.69. The predicted molar refractivity (Wildman–Crippen MR) is 135 cm³/mol. The van der Waals surface area contributed by atoms with Crippen LogP contribution in [0.2, 0.25) is 5.02 Å². The minimum atomic E-state index is -0.610. The van der Waals surface area contributed by atoms with Crippen molar-refractivity contribution in [3.8, 4) is 28.7 Å². The van der Waals surface area contributed by atoms with Crippen molar-refractivity contribution in [3.05, 3.63) is 111 Å². The van der Waals surface area contributed by atoms with E-state index >= 15 is 0 Å². The first-order valence-electron chi connectivity index (χ1n) is 11.4. The van der Waals surface area contributed by atoms with Crippen LogP contribution in [0.15, 0.2) is 72.8 Å². The topological polar surface area (TPSA) is 107 Å². The van der Waals surface area contributed by atoms with Gasteiger partial charge in [0.2, 0.25) is 0 Å². The molecule has 0 radical (unpaired) electrons. The third-order valence-corrected chi connectivity index (χ3v) is 6.68. The van der Waals surface area contributed by atoms with E-state index in [0.717, 1.165) is 5.56 Å². The van der Waals surface area contributed by atoms with E-state index in [-0.39, 0.29) is 70.5 Å². The number of halogens is 1. The summed E-state index contributed by atoms with van der Waals surface area (Å²) in [5.74, 6) is -0.982. The molecule has 0 aliphatic carbocycles. The van der Waals surface area contributed by atoms with Gasteiger partial charge in [-0.2, -0.15) is 0 Å². The van der Waals surface area contributed by atoms with Crippen molar-refractivity contribution in [1.29, 1.82) is 0 Å². The first kappa shape index (κ1) is 23.6. The lowest BCUT2D eigenvalue weighted by Gasteiger charge is -2.30. The highest BCUT2D eigenvalue weighted by molar-refractivity contribution is 6.30. The SMILES string of the molecule is O=C1CC(c2ccccc2)Oc2c(Cc3cc(Cl)ccc3O)c(O)c(Cc3ccccc3O)c(O)c21. The number of phenolic OH excluding ortho intramolecular Hbond substituents is 4. The number of para-hydroxylation sites is 1. The van der Waals surface area contributed by atoms with Gasteiger partial charge in [0, 0.05) is 29.0 Å². The quantitative estimate of drug-likeness (QED) is 0.264. The normalized spacial score (nSPS) is 14.8. The summed E-state index contributed by atoms with van der Waals surface area (Å²) in [6, 6.07) is 20.4. The van der Waals surface area contributed by atoms with Crippen LogP contribution in [0.3, 0.4) is 0 Å². The van der Waals surface area contributed by atoms with Crippen LogP contribution in [0.5, 0.6) is 28.7 Å². The molecular formula is C29H23ClO6. The van der Waals surface area contributed by atoms with Crippen LogP contribution in [0.25, 0.3) is 0 Å². The fourth-order valence-corrected chi connectivity index (χ4v) is 4.77. The molecule has 1 aliphatic heterocycles. The largest absolute Gasteiger partial charge is 0.508 e. The van der Waals surface area contributed by atoms with Crippen LogP contribution in [0.4, 0.5) is 0 Å². The third-order valence-electron chi connectivity index (χ3n) is 6.44. The number of Topliss-reactive ketones (excluding diaryl/α,β-unsaturated/α-hetero) is 1. The van der Waals surface area contributed by atoms with Gasteiger partial charge in [0.15, 0.2) is 5.78 Å². The first-order valence-corrected chi connectivity index (χ1v) is 11.8. The number of ketones is 1. The Bertz CT molecular complexity index is 1460. The molecule has 7 heteroatoms. The van der Waals surface area contributed by atoms with Gasteiger partial charge in [-0.3, -0.25) is 4.79 Å². The molecule has 182 valence electrons. The van der Waals surface area contributed by atoms with E-state index in [9.17, 15) is 25.2 Å². The van der Waals surface area contributed by atoms with E-state index in [2.05, 4.69) is 0 Å². The van der Waals surface area contributed by atoms with Crippen molar-refractivity contribution >= 4 is 17.4 Å². The molecule has 1 atom stereocenters. The van der Waals surface area contributed by atoms with Crippen LogP contribution in [-0.4, -0.2) is 26.2 Å². The van der Waals surface area contributed by atoms with Crippen molar-refractivity contribution in [2.24, 2.45) is 0 Å². The zero-order chi connectivity index (χ0) is 25.4. The van der Waals surface area contributed by atoms with E-state index in [1.165, 1.54) is 12.1 Å². The summed E-state index contributed by atoms with van der Waals surface area (Å²) in [4.78, 5) is 13.4. The van der Waals surface area contributed by atoms with E-state index in [1.807, 2.05) is 30.3 Å². The molecule has 36 heavy (non-hydrogen) atoms. The molecule has 0 fully saturated rings. The maximum atomic E-state index is 13.4. The molecule has 1 aliphatic rings. The standard InChI is InChI=1S/C29H23ClO6/c30-19-10-11-23(32)18(12-19)14-21-27(34)20(13-17-8-4-5-9-22(17)31)28(35)26-24(33)15-25(36-29(21)26)16-6-2-1-3-7-16/h1-12,25,31-32,34-35H,13-15H2. The van der Waals surface area contributed by atoms with Gasteiger partial charge in [0.1, 0.15) is 40.4 Å². The monoisotopic (exact) mass is 502 g/mol. The highest BCUT2D eigenvalue weighted by atomic mass is 35.5. The molecule has 4 N–H and O–H groups in total. The summed E-state index contributed by atoms with van der Waals surface area (Å²) < 4.78 is 6.25. The Kier molecular flexibility index (Phi) is 6.20. The molecule has 1 unspecified atom stereocenters. The maximum Gasteiger partial charge on any atom is 0.174 e. The average molecular weight is 503 g/mol. The number of carbonyl (C=O) groups excluding carboxylic acids is 1. The molecule has 0 bridgehead atoms. The fraction of sp³-hybridized carbons (Fsp3) is 0.138. The van der Waals surface area contributed by atoms with Crippen LogP contribution in [0, 0.1) is 0 Å². The van der Waals surface area contributed by atoms with Gasteiger partial charge >= 0.3 is 0 Å². The van der Waals surface area contributed by atoms with Crippen molar-refractivity contribution < 1.29 is 30.0 Å². The van der Waals surface area contributed by atoms with Crippen molar-refractivity contribution in [1.82, 2.24) is 0 Å². The van der Waals surface area contributed by atoms with Gasteiger partial charge in [0.05, 0.1) is 6.42 Å². The van der Waals surface area contributed by atoms with Crippen LogP contribution < -0.4 is 4.74 Å². The number of hydrogen-bond donors (Lipinski definition) is 4. The van der Waals surface area contributed by atoms with Crippen molar-refractivity contribution in [3.63, 3.8) is 0 Å². The first-order chi connectivity index (χ1) is 17.3. The highest BCUT2D eigenvalue weighted by Crippen LogP contribution is 2.50. The summed E-state index contributed by atoms with van der Waals surface area (Å²) in [5, 5.41) is 43.7. The molecule has 1 heterocycles. The number of benzene rings is 4. The predicted octanol–water partition coefficient (Wildman–Crippen LogP) is 6.05. The Hall–Kier alpha value is -4.16. The number of aromatic hydroxyl groups is 4. The Labute approximate surface area is 212 Å². The number of carbonyl (C=O) groups is 1. The maximum absolute atomic E-state index is 13.4. The van der Waals surface area contributed by atoms with Gasteiger partial charge in [-0.1, -0.05) is 60.1 Å². The number of rotatable bonds is 5. The number of fused-ring (bicyclic) bond motifs is 1. The molecule has 0 aromatic heterocycles. The van der Waals surface area contributed by atoms with E-state index < -0.39 is 6.10 Å². The zero-order valence-corrected chi connectivity index (χ0v) is 19.9. The van der Waals surface area contributed by atoms with E-state index in [4.69, 9.17) is 16.3 Å². The van der Waals surface area contributed by atoms with Crippen LogP contribution in [0.1, 0.15) is 50.7 Å². The number of phenols is 4. The molecule has 0 spiro atoms. The molecule has 0 saturated carbocycles. The molecule has 6 nitrogen and oxygen atoms in total. The summed E-state index contributed by atoms with van der Waals surface area (Å²) in [6.45, 7) is 0. The minimum absolute atomic E-state index is 0.00484.